The molecular formula is C24H49O3Tl. The van der Waals surface area contributed by atoms with Crippen molar-refractivity contribution in [3.8, 4) is 0 Å². The van der Waals surface area contributed by atoms with Gasteiger partial charge in [0, 0.05) is 13.2 Å². The monoisotopic (exact) mass is 590 g/mol. The van der Waals surface area contributed by atoms with Crippen LogP contribution in [0.3, 0.4) is 0 Å². The Kier molecular flexibility index (Phi) is 26.6. The number of hydrogen-bond donors (Lipinski definition) is 0. The summed E-state index contributed by atoms with van der Waals surface area (Å²) in [6, 6.07) is 0. The van der Waals surface area contributed by atoms with Gasteiger partial charge in [0.1, 0.15) is 0 Å². The molecule has 4 heteroatoms. The van der Waals surface area contributed by atoms with Crippen molar-refractivity contribution in [1.29, 1.82) is 0 Å². The molecule has 0 N–H and O–H groups in total. The van der Waals surface area contributed by atoms with Gasteiger partial charge in [0.2, 0.25) is 0 Å². The Balaban J connectivity index is 0.00000227. The van der Waals surface area contributed by atoms with Crippen molar-refractivity contribution in [2.75, 3.05) is 26.9 Å². The second kappa shape index (κ2) is 25.8. The fourth-order valence-corrected chi connectivity index (χ4v) is 3.74. The van der Waals surface area contributed by atoms with E-state index in [0.717, 1.165) is 46.0 Å². The predicted molar refractivity (Wildman–Crippen MR) is 122 cm³/mol. The summed E-state index contributed by atoms with van der Waals surface area (Å²) < 4.78 is 15.7. The van der Waals surface area contributed by atoms with Gasteiger partial charge in [-0.3, -0.25) is 0 Å². The van der Waals surface area contributed by atoms with Crippen molar-refractivity contribution in [3.63, 3.8) is 0 Å². The van der Waals surface area contributed by atoms with Crippen molar-refractivity contribution in [2.45, 2.75) is 129 Å². The molecule has 0 bridgehead atoms. The number of hydrogen-bond acceptors (Lipinski definition) is 3. The third-order valence-corrected chi connectivity index (χ3v) is 5.47. The van der Waals surface area contributed by atoms with Gasteiger partial charge in [0.25, 0.3) is 0 Å². The van der Waals surface area contributed by atoms with Crippen LogP contribution in [0, 0.1) is 0 Å². The van der Waals surface area contributed by atoms with Gasteiger partial charge in [0.15, 0.2) is 0 Å². The van der Waals surface area contributed by atoms with E-state index in [0.29, 0.717) is 6.10 Å². The molecule has 28 heavy (non-hydrogen) atoms. The molecule has 3 nitrogen and oxygen atoms in total. The summed E-state index contributed by atoms with van der Waals surface area (Å²) in [5.74, 6) is 0. The van der Waals surface area contributed by atoms with Crippen LogP contribution < -0.4 is 0 Å². The molecule has 1 unspecified atom stereocenters. The topological polar surface area (TPSA) is 27.7 Å². The SMILES string of the molecule is CCCCCCCCCCCCCCCCCCOCC1CCCO1.C[O][Tl]. The van der Waals surface area contributed by atoms with E-state index in [1.54, 1.807) is 7.11 Å². The van der Waals surface area contributed by atoms with E-state index in [4.69, 9.17) is 9.47 Å². The second-order valence-electron chi connectivity index (χ2n) is 8.25. The van der Waals surface area contributed by atoms with Crippen LogP contribution in [0.1, 0.15) is 122 Å². The summed E-state index contributed by atoms with van der Waals surface area (Å²) in [7, 11) is 1.70. The first-order valence-electron chi connectivity index (χ1n) is 12.3. The Morgan fingerprint density at radius 2 is 1.18 bits per heavy atom. The normalized spacial score (nSPS) is 16.1. The van der Waals surface area contributed by atoms with Crippen molar-refractivity contribution >= 4 is 26.2 Å². The summed E-state index contributed by atoms with van der Waals surface area (Å²) in [6.07, 6.45) is 25.6. The molecule has 1 rings (SSSR count). The van der Waals surface area contributed by atoms with Gasteiger partial charge in [-0.05, 0) is 19.3 Å². The van der Waals surface area contributed by atoms with Crippen LogP contribution in [-0.2, 0) is 12.2 Å². The van der Waals surface area contributed by atoms with Crippen LogP contribution >= 0.6 is 0 Å². The summed E-state index contributed by atoms with van der Waals surface area (Å²) in [6.45, 7) is 4.98. The molecule has 1 fully saturated rings. The van der Waals surface area contributed by atoms with Crippen molar-refractivity contribution < 1.29 is 12.2 Å². The third kappa shape index (κ3) is 23.1. The molecule has 1 aliphatic rings. The van der Waals surface area contributed by atoms with E-state index in [2.05, 4.69) is 9.61 Å². The molecule has 0 aromatic rings. The molecule has 0 aromatic carbocycles. The van der Waals surface area contributed by atoms with Gasteiger partial charge >= 0.3 is 36.0 Å². The molecule has 0 aromatic heterocycles. The maximum absolute atomic E-state index is 5.71. The van der Waals surface area contributed by atoms with E-state index in [9.17, 15) is 0 Å². The van der Waals surface area contributed by atoms with Crippen molar-refractivity contribution in [2.24, 2.45) is 0 Å². The van der Waals surface area contributed by atoms with E-state index >= 15 is 0 Å². The standard InChI is InChI=1S/C23H46O2.CH3O.Tl/c1-2-3-4-5-6-7-8-9-10-11-12-13-14-15-16-17-20-24-22-23-19-18-21-25-23;1-2;/h23H,2-22H2,1H3;1H3;/q;-1;+1. The molecule has 0 radical (unpaired) electrons. The second-order valence-corrected chi connectivity index (χ2v) is 10.1. The van der Waals surface area contributed by atoms with E-state index in [1.807, 2.05) is 0 Å². The van der Waals surface area contributed by atoms with Crippen LogP contribution in [0.5, 0.6) is 0 Å². The van der Waals surface area contributed by atoms with Gasteiger partial charge in [-0.2, -0.15) is 0 Å². The summed E-state index contributed by atoms with van der Waals surface area (Å²) >= 11 is 0.718. The minimum atomic E-state index is 0.390. The molecule has 0 spiro atoms. The molecule has 1 atom stereocenters. The maximum atomic E-state index is 5.71. The predicted octanol–water partition coefficient (Wildman–Crippen LogP) is 7.16. The summed E-state index contributed by atoms with van der Waals surface area (Å²) in [5, 5.41) is 0. The fourth-order valence-electron chi connectivity index (χ4n) is 3.74. The van der Waals surface area contributed by atoms with Gasteiger partial charge < -0.3 is 9.47 Å². The molecule has 1 heterocycles. The van der Waals surface area contributed by atoms with E-state index in [-0.39, 0.29) is 0 Å². The first-order valence-corrected chi connectivity index (χ1v) is 14.1. The van der Waals surface area contributed by atoms with Gasteiger partial charge in [-0.25, -0.2) is 0 Å². The zero-order chi connectivity index (χ0) is 20.5. The van der Waals surface area contributed by atoms with Crippen molar-refractivity contribution in [3.05, 3.63) is 0 Å². The number of ether oxygens (including phenoxy) is 2. The van der Waals surface area contributed by atoms with Gasteiger partial charge in [-0.1, -0.05) is 103 Å². The van der Waals surface area contributed by atoms with Crippen LogP contribution in [0.2, 0.25) is 0 Å². The molecule has 166 valence electrons. The molecule has 1 saturated heterocycles. The summed E-state index contributed by atoms with van der Waals surface area (Å²) in [4.78, 5) is 0. The Morgan fingerprint density at radius 3 is 1.57 bits per heavy atom. The van der Waals surface area contributed by atoms with Crippen LogP contribution in [-0.4, -0.2) is 59.3 Å². The first kappa shape index (κ1) is 28.8. The van der Waals surface area contributed by atoms with Crippen LogP contribution in [0.4, 0.5) is 0 Å². The zero-order valence-corrected chi connectivity index (χ0v) is 23.7. The molecular weight excluding hydrogens is 541 g/mol. The molecule has 0 aliphatic carbocycles. The Bertz CT molecular complexity index is 271. The fraction of sp³-hybridized carbons (Fsp3) is 1.00. The average molecular weight is 590 g/mol. The Hall–Kier alpha value is 0.802. The van der Waals surface area contributed by atoms with Crippen molar-refractivity contribution in [1.82, 2.24) is 0 Å². The number of unbranched alkanes of at least 4 members (excludes halogenated alkanes) is 15. The van der Waals surface area contributed by atoms with E-state index < -0.39 is 0 Å². The quantitative estimate of drug-likeness (QED) is 0.118. The molecule has 1 aliphatic heterocycles. The third-order valence-electron chi connectivity index (χ3n) is 5.47. The van der Waals surface area contributed by atoms with Gasteiger partial charge in [-0.15, -0.1) is 0 Å². The van der Waals surface area contributed by atoms with Crippen LogP contribution in [0.15, 0.2) is 0 Å². The Labute approximate surface area is 193 Å². The minimum absolute atomic E-state index is 0.390. The molecule has 0 amide bonds. The van der Waals surface area contributed by atoms with Gasteiger partial charge in [0.05, 0.1) is 12.7 Å². The first-order chi connectivity index (χ1) is 13.8. The summed E-state index contributed by atoms with van der Waals surface area (Å²) in [5.41, 5.74) is 0. The zero-order valence-electron chi connectivity index (χ0n) is 19.2. The van der Waals surface area contributed by atoms with E-state index in [1.165, 1.54) is 116 Å². The Morgan fingerprint density at radius 1 is 0.750 bits per heavy atom. The molecule has 0 saturated carbocycles. The van der Waals surface area contributed by atoms with Crippen LogP contribution in [0.25, 0.3) is 0 Å². The number of rotatable bonds is 19. The average Bonchev–Trinajstić information content (AvgIpc) is 3.21.